The van der Waals surface area contributed by atoms with Crippen LogP contribution in [0.2, 0.25) is 0 Å². The van der Waals surface area contributed by atoms with Crippen molar-refractivity contribution in [2.45, 2.75) is 32.0 Å². The molecule has 0 aromatic carbocycles. The van der Waals surface area contributed by atoms with Crippen LogP contribution in [0.25, 0.3) is 0 Å². The van der Waals surface area contributed by atoms with Gasteiger partial charge in [0.05, 0.1) is 17.5 Å². The number of halogens is 3. The van der Waals surface area contributed by atoms with Crippen LogP contribution in [0.1, 0.15) is 25.8 Å². The Hall–Kier alpha value is -2.52. The zero-order chi connectivity index (χ0) is 18.4. The summed E-state index contributed by atoms with van der Waals surface area (Å²) < 4.78 is 42.5. The van der Waals surface area contributed by atoms with Gasteiger partial charge in [-0.25, -0.2) is 9.78 Å². The van der Waals surface area contributed by atoms with E-state index in [0.29, 0.717) is 6.20 Å². The number of amides is 2. The third-order valence-electron chi connectivity index (χ3n) is 2.72. The number of hydrogen-bond acceptors (Lipinski definition) is 4. The Kier molecular flexibility index (Phi) is 6.38. The quantitative estimate of drug-likeness (QED) is 0.699. The monoisotopic (exact) mass is 349 g/mol. The molecule has 0 radical (unpaired) electrons. The number of nitrogens with one attached hydrogen (secondary N) is 2. The summed E-state index contributed by atoms with van der Waals surface area (Å²) in [7, 11) is 0. The Morgan fingerprint density at radius 3 is 2.46 bits per heavy atom. The summed E-state index contributed by atoms with van der Waals surface area (Å²) in [5.41, 5.74) is -1.73. The maximum absolute atomic E-state index is 12.4. The highest BCUT2D eigenvalue weighted by molar-refractivity contribution is 5.75. The van der Waals surface area contributed by atoms with Crippen LogP contribution in [0, 0.1) is 0 Å². The Bertz CT molecular complexity index is 574. The minimum absolute atomic E-state index is 0.0100. The number of carboxylic acid groups (broad SMARTS) is 1. The molecule has 1 heterocycles. The lowest BCUT2D eigenvalue weighted by molar-refractivity contribution is -0.138. The second-order valence-corrected chi connectivity index (χ2v) is 5.58. The average Bonchev–Trinajstić information content (AvgIpc) is 2.44. The van der Waals surface area contributed by atoms with Gasteiger partial charge in [0, 0.05) is 18.8 Å². The molecule has 0 aliphatic carbocycles. The highest BCUT2D eigenvalue weighted by Gasteiger charge is 2.31. The predicted molar refractivity (Wildman–Crippen MR) is 77.6 cm³/mol. The van der Waals surface area contributed by atoms with Crippen molar-refractivity contribution in [2.75, 3.05) is 13.2 Å². The fourth-order valence-corrected chi connectivity index (χ4v) is 1.56. The molecular weight excluding hydrogens is 331 g/mol. The van der Waals surface area contributed by atoms with Gasteiger partial charge in [-0.15, -0.1) is 0 Å². The van der Waals surface area contributed by atoms with Crippen molar-refractivity contribution in [3.63, 3.8) is 0 Å². The molecule has 0 atom stereocenters. The van der Waals surface area contributed by atoms with Gasteiger partial charge in [-0.05, 0) is 19.9 Å². The normalized spacial score (nSPS) is 11.7. The first-order chi connectivity index (χ1) is 11.0. The second-order valence-electron chi connectivity index (χ2n) is 5.58. The third kappa shape index (κ3) is 7.16. The molecule has 1 rings (SSSR count). The van der Waals surface area contributed by atoms with E-state index in [1.54, 1.807) is 13.8 Å². The topological polar surface area (TPSA) is 101 Å². The fourth-order valence-electron chi connectivity index (χ4n) is 1.56. The van der Waals surface area contributed by atoms with Crippen LogP contribution in [0.5, 0.6) is 5.88 Å². The highest BCUT2D eigenvalue weighted by atomic mass is 19.4. The first-order valence-electron chi connectivity index (χ1n) is 6.93. The standard InChI is InChI=1S/C14H18F3N3O4/c1-13(2,20-12(23)18-6-5-11(21)22)8-24-10-4-3-9(7-19-10)14(15,16)17/h3-4,7H,5-6,8H2,1-2H3,(H,21,22)(H2,18,20,23). The van der Waals surface area contributed by atoms with Crippen LogP contribution < -0.4 is 15.4 Å². The second kappa shape index (κ2) is 7.84. The summed E-state index contributed by atoms with van der Waals surface area (Å²) >= 11 is 0. The molecule has 0 spiro atoms. The molecule has 7 nitrogen and oxygen atoms in total. The maximum Gasteiger partial charge on any atom is 0.417 e. The Balaban J connectivity index is 2.47. The van der Waals surface area contributed by atoms with E-state index in [2.05, 4.69) is 15.6 Å². The fraction of sp³-hybridized carbons (Fsp3) is 0.500. The van der Waals surface area contributed by atoms with Crippen molar-refractivity contribution in [1.82, 2.24) is 15.6 Å². The maximum atomic E-state index is 12.4. The molecule has 0 saturated heterocycles. The van der Waals surface area contributed by atoms with E-state index in [1.807, 2.05) is 0 Å². The lowest BCUT2D eigenvalue weighted by atomic mass is 10.1. The van der Waals surface area contributed by atoms with E-state index in [9.17, 15) is 22.8 Å². The van der Waals surface area contributed by atoms with Crippen molar-refractivity contribution in [3.8, 4) is 5.88 Å². The molecule has 0 unspecified atom stereocenters. The molecule has 1 aromatic heterocycles. The summed E-state index contributed by atoms with van der Waals surface area (Å²) in [6.45, 7) is 3.19. The van der Waals surface area contributed by atoms with Crippen LogP contribution in [-0.2, 0) is 11.0 Å². The molecule has 10 heteroatoms. The van der Waals surface area contributed by atoms with E-state index < -0.39 is 29.3 Å². The zero-order valence-corrected chi connectivity index (χ0v) is 13.1. The van der Waals surface area contributed by atoms with Crippen LogP contribution in [-0.4, -0.2) is 40.8 Å². The van der Waals surface area contributed by atoms with Gasteiger partial charge in [-0.1, -0.05) is 0 Å². The van der Waals surface area contributed by atoms with Crippen molar-refractivity contribution in [3.05, 3.63) is 23.9 Å². The van der Waals surface area contributed by atoms with Crippen molar-refractivity contribution < 1.29 is 32.6 Å². The molecule has 0 aliphatic rings. The molecule has 2 amide bonds. The van der Waals surface area contributed by atoms with Gasteiger partial charge < -0.3 is 20.5 Å². The Labute approximate surface area is 136 Å². The molecule has 134 valence electrons. The van der Waals surface area contributed by atoms with Gasteiger partial charge in [0.2, 0.25) is 5.88 Å². The molecule has 0 fully saturated rings. The number of carboxylic acids is 1. The van der Waals surface area contributed by atoms with Gasteiger partial charge in [0.15, 0.2) is 0 Å². The number of alkyl halides is 3. The number of pyridine rings is 1. The van der Waals surface area contributed by atoms with Crippen LogP contribution in [0.4, 0.5) is 18.0 Å². The summed E-state index contributed by atoms with van der Waals surface area (Å²) in [6.07, 6.45) is -4.02. The van der Waals surface area contributed by atoms with E-state index in [0.717, 1.165) is 12.1 Å². The van der Waals surface area contributed by atoms with Crippen LogP contribution >= 0.6 is 0 Å². The smallest absolute Gasteiger partial charge is 0.417 e. The molecule has 3 N–H and O–H groups in total. The van der Waals surface area contributed by atoms with Gasteiger partial charge >= 0.3 is 18.2 Å². The summed E-state index contributed by atoms with van der Waals surface area (Å²) in [4.78, 5) is 25.5. The van der Waals surface area contributed by atoms with Crippen molar-refractivity contribution in [1.29, 1.82) is 0 Å². The Morgan fingerprint density at radius 1 is 1.29 bits per heavy atom. The largest absolute Gasteiger partial charge is 0.481 e. The first-order valence-corrected chi connectivity index (χ1v) is 6.93. The summed E-state index contributed by atoms with van der Waals surface area (Å²) in [6, 6.07) is 1.36. The number of carbonyl (C=O) groups is 2. The first kappa shape index (κ1) is 19.5. The van der Waals surface area contributed by atoms with Crippen LogP contribution in [0.15, 0.2) is 18.3 Å². The van der Waals surface area contributed by atoms with Crippen molar-refractivity contribution >= 4 is 12.0 Å². The molecule has 1 aromatic rings. The van der Waals surface area contributed by atoms with E-state index in [-0.39, 0.29) is 25.5 Å². The zero-order valence-electron chi connectivity index (χ0n) is 13.1. The Morgan fingerprint density at radius 2 is 1.96 bits per heavy atom. The van der Waals surface area contributed by atoms with E-state index >= 15 is 0 Å². The third-order valence-corrected chi connectivity index (χ3v) is 2.72. The minimum Gasteiger partial charge on any atom is -0.481 e. The molecular formula is C14H18F3N3O4. The molecule has 0 aliphatic heterocycles. The highest BCUT2D eigenvalue weighted by Crippen LogP contribution is 2.29. The van der Waals surface area contributed by atoms with Gasteiger partial charge in [0.25, 0.3) is 0 Å². The number of aliphatic carboxylic acids is 1. The average molecular weight is 349 g/mol. The number of carbonyl (C=O) groups excluding carboxylic acids is 1. The number of nitrogens with zero attached hydrogens (tertiary/aromatic N) is 1. The number of aromatic nitrogens is 1. The molecule has 24 heavy (non-hydrogen) atoms. The molecule has 0 saturated carbocycles. The van der Waals surface area contributed by atoms with Gasteiger partial charge in [-0.3, -0.25) is 4.79 Å². The number of urea groups is 1. The van der Waals surface area contributed by atoms with Crippen molar-refractivity contribution in [2.24, 2.45) is 0 Å². The number of ether oxygens (including phenoxy) is 1. The number of rotatable bonds is 7. The lowest BCUT2D eigenvalue weighted by Crippen LogP contribution is -2.51. The van der Waals surface area contributed by atoms with Gasteiger partial charge in [-0.2, -0.15) is 13.2 Å². The molecule has 0 bridgehead atoms. The van der Waals surface area contributed by atoms with Gasteiger partial charge in [0.1, 0.15) is 6.61 Å². The summed E-state index contributed by atoms with van der Waals surface area (Å²) in [5, 5.41) is 13.4. The predicted octanol–water partition coefficient (Wildman–Crippen LogP) is 2.03. The number of hydrogen-bond donors (Lipinski definition) is 3. The van der Waals surface area contributed by atoms with E-state index in [1.165, 1.54) is 0 Å². The SMILES string of the molecule is CC(C)(COc1ccc(C(F)(F)F)cn1)NC(=O)NCCC(=O)O. The van der Waals surface area contributed by atoms with E-state index in [4.69, 9.17) is 9.84 Å². The minimum atomic E-state index is -4.47. The lowest BCUT2D eigenvalue weighted by Gasteiger charge is -2.26. The summed E-state index contributed by atoms with van der Waals surface area (Å²) in [5.74, 6) is -1.05. The van der Waals surface area contributed by atoms with Crippen LogP contribution in [0.3, 0.4) is 0 Å².